The number of hydrogen-bond acceptors (Lipinski definition) is 3. The normalized spacial score (nSPS) is 13.2. The Hall–Kier alpha value is -2.36. The maximum absolute atomic E-state index is 10.8. The van der Waals surface area contributed by atoms with Crippen LogP contribution in [0.3, 0.4) is 0 Å². The smallest absolute Gasteiger partial charge is 0.354 e. The first-order chi connectivity index (χ1) is 8.25. The summed E-state index contributed by atoms with van der Waals surface area (Å²) in [6, 6.07) is 7.12. The van der Waals surface area contributed by atoms with Crippen LogP contribution in [-0.2, 0) is 0 Å². The Morgan fingerprint density at radius 3 is 3.00 bits per heavy atom. The number of rotatable bonds is 1. The summed E-state index contributed by atoms with van der Waals surface area (Å²) in [5.41, 5.74) is 2.90. The lowest BCUT2D eigenvalue weighted by molar-refractivity contribution is 0.0691. The first-order valence-electron chi connectivity index (χ1n) is 5.33. The molecule has 0 unspecified atom stereocenters. The molecule has 1 aliphatic rings. The minimum Gasteiger partial charge on any atom is -0.477 e. The third-order valence-electron chi connectivity index (χ3n) is 2.82. The van der Waals surface area contributed by atoms with Crippen LogP contribution in [0.2, 0.25) is 0 Å². The van der Waals surface area contributed by atoms with Gasteiger partial charge in [0.15, 0.2) is 0 Å². The van der Waals surface area contributed by atoms with Crippen molar-refractivity contribution < 1.29 is 9.90 Å². The van der Waals surface area contributed by atoms with Crippen LogP contribution in [0.5, 0.6) is 0 Å². The number of pyridine rings is 1. The number of anilines is 1. The second kappa shape index (κ2) is 3.59. The summed E-state index contributed by atoms with van der Waals surface area (Å²) in [6.45, 7) is 0.785. The second-order valence-corrected chi connectivity index (χ2v) is 3.88. The van der Waals surface area contributed by atoms with E-state index in [1.807, 2.05) is 18.2 Å². The molecule has 1 aliphatic heterocycles. The van der Waals surface area contributed by atoms with Crippen LogP contribution in [0.4, 0.5) is 5.69 Å². The largest absolute Gasteiger partial charge is 0.477 e. The molecule has 0 atom stereocenters. The molecule has 1 aromatic carbocycles. The maximum atomic E-state index is 10.8. The van der Waals surface area contributed by atoms with Crippen molar-refractivity contribution in [1.82, 2.24) is 4.98 Å². The monoisotopic (exact) mass is 226 g/mol. The van der Waals surface area contributed by atoms with E-state index in [4.69, 9.17) is 5.11 Å². The van der Waals surface area contributed by atoms with Crippen molar-refractivity contribution in [2.45, 2.75) is 0 Å². The number of hydrogen-bond donors (Lipinski definition) is 2. The van der Waals surface area contributed by atoms with Crippen molar-refractivity contribution in [3.8, 4) is 0 Å². The van der Waals surface area contributed by atoms with Gasteiger partial charge in [-0.25, -0.2) is 9.78 Å². The quantitative estimate of drug-likeness (QED) is 0.783. The highest BCUT2D eigenvalue weighted by atomic mass is 16.4. The van der Waals surface area contributed by atoms with Crippen LogP contribution in [0.1, 0.15) is 16.1 Å². The molecule has 0 amide bonds. The Labute approximate surface area is 97.6 Å². The van der Waals surface area contributed by atoms with Gasteiger partial charge in [0.2, 0.25) is 0 Å². The van der Waals surface area contributed by atoms with Crippen LogP contribution >= 0.6 is 0 Å². The van der Waals surface area contributed by atoms with Gasteiger partial charge < -0.3 is 10.4 Å². The Kier molecular flexibility index (Phi) is 2.08. The predicted molar refractivity (Wildman–Crippen MR) is 66.2 cm³/mol. The van der Waals surface area contributed by atoms with Crippen LogP contribution in [0.15, 0.2) is 30.3 Å². The van der Waals surface area contributed by atoms with E-state index in [-0.39, 0.29) is 5.69 Å². The fourth-order valence-corrected chi connectivity index (χ4v) is 2.02. The first kappa shape index (κ1) is 9.84. The number of carboxylic acids is 1. The van der Waals surface area contributed by atoms with Gasteiger partial charge in [0, 0.05) is 11.9 Å². The molecule has 0 spiro atoms. The van der Waals surface area contributed by atoms with Gasteiger partial charge in [-0.1, -0.05) is 18.2 Å². The van der Waals surface area contributed by atoms with Gasteiger partial charge in [-0.2, -0.15) is 0 Å². The lowest BCUT2D eigenvalue weighted by Gasteiger charge is -2.15. The number of carboxylic acid groups (broad SMARTS) is 1. The number of carbonyl (C=O) groups is 1. The highest BCUT2D eigenvalue weighted by Gasteiger charge is 2.11. The molecule has 17 heavy (non-hydrogen) atoms. The first-order valence-corrected chi connectivity index (χ1v) is 5.33. The zero-order chi connectivity index (χ0) is 11.8. The van der Waals surface area contributed by atoms with Crippen LogP contribution in [0.25, 0.3) is 17.0 Å². The summed E-state index contributed by atoms with van der Waals surface area (Å²) in [7, 11) is 0. The average Bonchev–Trinajstić information content (AvgIpc) is 2.38. The number of benzene rings is 1. The predicted octanol–water partition coefficient (Wildman–Crippen LogP) is 2.37. The molecule has 2 N–H and O–H groups in total. The molecule has 0 fully saturated rings. The zero-order valence-corrected chi connectivity index (χ0v) is 8.97. The van der Waals surface area contributed by atoms with E-state index in [9.17, 15) is 4.79 Å². The van der Waals surface area contributed by atoms with E-state index in [0.717, 1.165) is 23.2 Å². The van der Waals surface area contributed by atoms with Crippen LogP contribution in [0, 0.1) is 0 Å². The molecule has 0 bridgehead atoms. The summed E-state index contributed by atoms with van der Waals surface area (Å²) in [4.78, 5) is 15.0. The summed E-state index contributed by atoms with van der Waals surface area (Å²) in [5.74, 6) is -1.00. The lowest BCUT2D eigenvalue weighted by atomic mass is 10.0. The van der Waals surface area contributed by atoms with Crippen molar-refractivity contribution in [2.75, 3.05) is 11.9 Å². The summed E-state index contributed by atoms with van der Waals surface area (Å²) < 4.78 is 0. The number of fused-ring (bicyclic) bond motifs is 3. The van der Waals surface area contributed by atoms with Crippen molar-refractivity contribution in [3.63, 3.8) is 0 Å². The Morgan fingerprint density at radius 1 is 1.29 bits per heavy atom. The molecular formula is C13H10N2O2. The number of aromatic nitrogens is 1. The van der Waals surface area contributed by atoms with Crippen molar-refractivity contribution in [3.05, 3.63) is 41.6 Å². The van der Waals surface area contributed by atoms with E-state index < -0.39 is 5.97 Å². The molecule has 2 aromatic rings. The number of nitrogens with one attached hydrogen (secondary N) is 1. The van der Waals surface area contributed by atoms with E-state index in [2.05, 4.69) is 16.4 Å². The minimum atomic E-state index is -1.00. The highest BCUT2D eigenvalue weighted by molar-refractivity contribution is 5.99. The molecule has 0 aliphatic carbocycles. The maximum Gasteiger partial charge on any atom is 0.354 e. The molecule has 0 radical (unpaired) electrons. The fourth-order valence-electron chi connectivity index (χ4n) is 2.02. The van der Waals surface area contributed by atoms with E-state index in [1.165, 1.54) is 6.07 Å². The zero-order valence-electron chi connectivity index (χ0n) is 8.97. The fraction of sp³-hybridized carbons (Fsp3) is 0.0769. The molecule has 4 nitrogen and oxygen atoms in total. The van der Waals surface area contributed by atoms with Gasteiger partial charge in [0.05, 0.1) is 11.2 Å². The van der Waals surface area contributed by atoms with Gasteiger partial charge in [0.1, 0.15) is 5.69 Å². The average molecular weight is 226 g/mol. The highest BCUT2D eigenvalue weighted by Crippen LogP contribution is 2.29. The number of nitrogens with zero attached hydrogens (tertiary/aromatic N) is 1. The van der Waals surface area contributed by atoms with E-state index in [1.54, 1.807) is 6.07 Å². The van der Waals surface area contributed by atoms with Gasteiger partial charge in [-0.05, 0) is 23.8 Å². The molecule has 4 heteroatoms. The lowest BCUT2D eigenvalue weighted by Crippen LogP contribution is -2.06. The molecule has 1 aromatic heterocycles. The van der Waals surface area contributed by atoms with Crippen molar-refractivity contribution in [1.29, 1.82) is 0 Å². The Bertz CT molecular complexity index is 647. The van der Waals surface area contributed by atoms with Gasteiger partial charge in [-0.3, -0.25) is 0 Å². The topological polar surface area (TPSA) is 62.2 Å². The second-order valence-electron chi connectivity index (χ2n) is 3.88. The third kappa shape index (κ3) is 1.54. The molecule has 3 rings (SSSR count). The van der Waals surface area contributed by atoms with E-state index in [0.29, 0.717) is 5.52 Å². The summed E-state index contributed by atoms with van der Waals surface area (Å²) in [6.07, 6.45) is 4.10. The summed E-state index contributed by atoms with van der Waals surface area (Å²) in [5, 5.41) is 13.1. The SMILES string of the molecule is O=C(O)c1ccc2c3c(ccc2n1)C=CCN3. The van der Waals surface area contributed by atoms with Crippen molar-refractivity contribution in [2.24, 2.45) is 0 Å². The Morgan fingerprint density at radius 2 is 2.18 bits per heavy atom. The van der Waals surface area contributed by atoms with Gasteiger partial charge in [0.25, 0.3) is 0 Å². The van der Waals surface area contributed by atoms with Gasteiger partial charge >= 0.3 is 5.97 Å². The Balaban J connectivity index is 2.28. The molecule has 2 heterocycles. The van der Waals surface area contributed by atoms with Crippen LogP contribution < -0.4 is 5.32 Å². The summed E-state index contributed by atoms with van der Waals surface area (Å²) >= 11 is 0. The molecular weight excluding hydrogens is 216 g/mol. The minimum absolute atomic E-state index is 0.0730. The van der Waals surface area contributed by atoms with Crippen molar-refractivity contribution >= 4 is 28.6 Å². The third-order valence-corrected chi connectivity index (χ3v) is 2.82. The molecule has 84 valence electrons. The van der Waals surface area contributed by atoms with Gasteiger partial charge in [-0.15, -0.1) is 0 Å². The van der Waals surface area contributed by atoms with E-state index >= 15 is 0 Å². The molecule has 0 saturated carbocycles. The van der Waals surface area contributed by atoms with Crippen LogP contribution in [-0.4, -0.2) is 22.6 Å². The number of aromatic carboxylic acids is 1. The standard InChI is InChI=1S/C13H10N2O2/c16-13(17)11-6-4-9-10(15-11)5-3-8-2-1-7-14-12(8)9/h1-6,14H,7H2,(H,16,17). The molecule has 0 saturated heterocycles.